The van der Waals surface area contributed by atoms with Crippen molar-refractivity contribution in [3.63, 3.8) is 0 Å². The van der Waals surface area contributed by atoms with E-state index in [4.69, 9.17) is 4.99 Å². The Morgan fingerprint density at radius 3 is 2.82 bits per heavy atom. The molecule has 22 heavy (non-hydrogen) atoms. The van der Waals surface area contributed by atoms with Gasteiger partial charge in [-0.05, 0) is 30.9 Å². The van der Waals surface area contributed by atoms with Gasteiger partial charge in [0.05, 0.1) is 12.7 Å². The van der Waals surface area contributed by atoms with Crippen molar-refractivity contribution < 1.29 is 0 Å². The highest BCUT2D eigenvalue weighted by molar-refractivity contribution is 6.02. The SMILES string of the molecule is c1ccc2c(c1)CC1(CCCCC1)C(=NCc1cn[nH]c1)N2. The third-order valence-corrected chi connectivity index (χ3v) is 5.09. The molecule has 0 bridgehead atoms. The van der Waals surface area contributed by atoms with Gasteiger partial charge >= 0.3 is 0 Å². The average Bonchev–Trinajstić information content (AvgIpc) is 3.07. The summed E-state index contributed by atoms with van der Waals surface area (Å²) in [5, 5.41) is 10.5. The highest BCUT2D eigenvalue weighted by Gasteiger charge is 2.40. The van der Waals surface area contributed by atoms with Crippen LogP contribution < -0.4 is 5.32 Å². The number of hydrogen-bond donors (Lipinski definition) is 2. The lowest BCUT2D eigenvalue weighted by molar-refractivity contribution is 0.278. The zero-order valence-electron chi connectivity index (χ0n) is 12.8. The Kier molecular flexibility index (Phi) is 3.45. The first-order valence-corrected chi connectivity index (χ1v) is 8.23. The smallest absolute Gasteiger partial charge is 0.108 e. The van der Waals surface area contributed by atoms with Crippen LogP contribution in [0.3, 0.4) is 0 Å². The van der Waals surface area contributed by atoms with E-state index in [1.54, 1.807) is 0 Å². The summed E-state index contributed by atoms with van der Waals surface area (Å²) in [6.45, 7) is 0.697. The zero-order valence-corrected chi connectivity index (χ0v) is 12.8. The largest absolute Gasteiger partial charge is 0.343 e. The van der Waals surface area contributed by atoms with Crippen molar-refractivity contribution in [3.8, 4) is 0 Å². The molecule has 2 aliphatic rings. The highest BCUT2D eigenvalue weighted by Crippen LogP contribution is 2.44. The first kappa shape index (κ1) is 13.6. The summed E-state index contributed by atoms with van der Waals surface area (Å²) in [5.74, 6) is 1.19. The standard InChI is InChI=1S/C18H22N4/c1-4-8-18(9-5-1)10-15-6-2-3-7-16(15)22-17(18)19-11-14-12-20-21-13-14/h2-3,6-7,12-13H,1,4-5,8-11H2,(H,19,22)(H,20,21). The van der Waals surface area contributed by atoms with Crippen LogP contribution in [0.1, 0.15) is 43.2 Å². The summed E-state index contributed by atoms with van der Waals surface area (Å²) in [5.41, 5.74) is 4.02. The molecular formula is C18H22N4. The van der Waals surface area contributed by atoms with Crippen LogP contribution in [0.2, 0.25) is 0 Å². The predicted octanol–water partition coefficient (Wildman–Crippen LogP) is 3.93. The first-order chi connectivity index (χ1) is 10.9. The molecule has 2 heterocycles. The van der Waals surface area contributed by atoms with Crippen molar-refractivity contribution in [2.24, 2.45) is 10.4 Å². The van der Waals surface area contributed by atoms with E-state index in [9.17, 15) is 0 Å². The van der Waals surface area contributed by atoms with Crippen LogP contribution in [-0.4, -0.2) is 16.0 Å². The normalized spacial score (nSPS) is 21.5. The van der Waals surface area contributed by atoms with Gasteiger partial charge in [-0.15, -0.1) is 0 Å². The number of aromatic nitrogens is 2. The molecule has 1 saturated carbocycles. The molecule has 0 saturated heterocycles. The second kappa shape index (κ2) is 5.59. The number of nitrogens with zero attached hydrogens (tertiary/aromatic N) is 2. The summed E-state index contributed by atoms with van der Waals surface area (Å²) >= 11 is 0. The van der Waals surface area contributed by atoms with E-state index >= 15 is 0 Å². The van der Waals surface area contributed by atoms with Crippen LogP contribution in [-0.2, 0) is 13.0 Å². The molecule has 2 N–H and O–H groups in total. The Bertz CT molecular complexity index is 666. The van der Waals surface area contributed by atoms with E-state index in [0.717, 1.165) is 12.0 Å². The maximum Gasteiger partial charge on any atom is 0.108 e. The third-order valence-electron chi connectivity index (χ3n) is 5.09. The number of anilines is 1. The zero-order chi connectivity index (χ0) is 14.8. The molecule has 1 fully saturated rings. The van der Waals surface area contributed by atoms with Crippen LogP contribution in [0.4, 0.5) is 5.69 Å². The van der Waals surface area contributed by atoms with E-state index in [1.165, 1.54) is 49.2 Å². The number of fused-ring (bicyclic) bond motifs is 1. The number of aromatic amines is 1. The van der Waals surface area contributed by atoms with Crippen molar-refractivity contribution in [1.82, 2.24) is 10.2 Å². The number of aliphatic imine (C=N–C) groups is 1. The molecule has 1 aromatic carbocycles. The topological polar surface area (TPSA) is 53.1 Å². The predicted molar refractivity (Wildman–Crippen MR) is 89.0 cm³/mol. The summed E-state index contributed by atoms with van der Waals surface area (Å²) in [4.78, 5) is 4.95. The van der Waals surface area contributed by atoms with Gasteiger partial charge in [0.2, 0.25) is 0 Å². The minimum atomic E-state index is 0.219. The molecule has 2 aromatic rings. The van der Waals surface area contributed by atoms with Crippen molar-refractivity contribution in [2.45, 2.75) is 45.1 Å². The van der Waals surface area contributed by atoms with Crippen LogP contribution in [0.15, 0.2) is 41.7 Å². The second-order valence-corrected chi connectivity index (χ2v) is 6.57. The van der Waals surface area contributed by atoms with Crippen molar-refractivity contribution >= 4 is 11.5 Å². The molecule has 0 amide bonds. The summed E-state index contributed by atoms with van der Waals surface area (Å²) in [7, 11) is 0. The number of para-hydroxylation sites is 1. The lowest BCUT2D eigenvalue weighted by atomic mass is 9.67. The van der Waals surface area contributed by atoms with Crippen LogP contribution >= 0.6 is 0 Å². The van der Waals surface area contributed by atoms with Crippen LogP contribution in [0.25, 0.3) is 0 Å². The molecule has 4 nitrogen and oxygen atoms in total. The number of H-pyrrole nitrogens is 1. The fourth-order valence-corrected chi connectivity index (χ4v) is 3.89. The fraction of sp³-hybridized carbons (Fsp3) is 0.444. The van der Waals surface area contributed by atoms with E-state index in [2.05, 4.69) is 39.8 Å². The molecule has 4 rings (SSSR count). The summed E-state index contributed by atoms with van der Waals surface area (Å²) in [6.07, 6.45) is 11.4. The van der Waals surface area contributed by atoms with Gasteiger partial charge in [-0.1, -0.05) is 37.5 Å². The molecule has 0 unspecified atom stereocenters. The minimum absolute atomic E-state index is 0.219. The molecule has 0 atom stereocenters. The molecule has 1 spiro atoms. The summed E-state index contributed by atoms with van der Waals surface area (Å²) < 4.78 is 0. The average molecular weight is 294 g/mol. The second-order valence-electron chi connectivity index (χ2n) is 6.57. The van der Waals surface area contributed by atoms with Crippen molar-refractivity contribution in [3.05, 3.63) is 47.8 Å². The van der Waals surface area contributed by atoms with Crippen molar-refractivity contribution in [2.75, 3.05) is 5.32 Å². The maximum absolute atomic E-state index is 4.95. The number of benzene rings is 1. The third kappa shape index (κ3) is 2.43. The first-order valence-electron chi connectivity index (χ1n) is 8.23. The van der Waals surface area contributed by atoms with Gasteiger partial charge in [0.1, 0.15) is 5.84 Å². The Hall–Kier alpha value is -2.10. The van der Waals surface area contributed by atoms with Gasteiger partial charge in [-0.3, -0.25) is 10.1 Å². The highest BCUT2D eigenvalue weighted by atomic mass is 15.1. The number of hydrogen-bond acceptors (Lipinski definition) is 2. The lowest BCUT2D eigenvalue weighted by Gasteiger charge is -2.42. The fourth-order valence-electron chi connectivity index (χ4n) is 3.89. The quantitative estimate of drug-likeness (QED) is 0.882. The Balaban J connectivity index is 1.68. The molecule has 1 aromatic heterocycles. The van der Waals surface area contributed by atoms with E-state index in [0.29, 0.717) is 6.54 Å². The van der Waals surface area contributed by atoms with Gasteiger partial charge in [-0.2, -0.15) is 5.10 Å². The lowest BCUT2D eigenvalue weighted by Crippen LogP contribution is -2.43. The maximum atomic E-state index is 4.95. The Morgan fingerprint density at radius 2 is 2.00 bits per heavy atom. The van der Waals surface area contributed by atoms with Gasteiger partial charge in [-0.25, -0.2) is 0 Å². The Labute approximate surface area is 131 Å². The van der Waals surface area contributed by atoms with E-state index in [-0.39, 0.29) is 5.41 Å². The van der Waals surface area contributed by atoms with Crippen LogP contribution in [0.5, 0.6) is 0 Å². The van der Waals surface area contributed by atoms with E-state index < -0.39 is 0 Å². The molecule has 4 heteroatoms. The number of amidine groups is 1. The number of nitrogens with one attached hydrogen (secondary N) is 2. The molecule has 0 radical (unpaired) electrons. The molecule has 1 aliphatic heterocycles. The van der Waals surface area contributed by atoms with Gasteiger partial charge in [0.25, 0.3) is 0 Å². The van der Waals surface area contributed by atoms with Crippen LogP contribution in [0, 0.1) is 5.41 Å². The number of rotatable bonds is 2. The minimum Gasteiger partial charge on any atom is -0.343 e. The molecule has 1 aliphatic carbocycles. The van der Waals surface area contributed by atoms with Gasteiger partial charge in [0.15, 0.2) is 0 Å². The van der Waals surface area contributed by atoms with Gasteiger partial charge in [0, 0.05) is 22.9 Å². The van der Waals surface area contributed by atoms with Crippen molar-refractivity contribution in [1.29, 1.82) is 0 Å². The molecular weight excluding hydrogens is 272 g/mol. The van der Waals surface area contributed by atoms with E-state index in [1.807, 2.05) is 12.4 Å². The summed E-state index contributed by atoms with van der Waals surface area (Å²) in [6, 6.07) is 8.66. The monoisotopic (exact) mass is 294 g/mol. The van der Waals surface area contributed by atoms with Gasteiger partial charge < -0.3 is 5.32 Å². The Morgan fingerprint density at radius 1 is 1.14 bits per heavy atom. The molecule has 114 valence electrons.